The molecule has 3 aliphatic rings. The Morgan fingerprint density at radius 2 is 2.29 bits per heavy atom. The summed E-state index contributed by atoms with van der Waals surface area (Å²) in [6.45, 7) is 3.45. The van der Waals surface area contributed by atoms with Crippen molar-refractivity contribution >= 4 is 6.03 Å². The SMILES string of the molecule is [2H]c1nc([2H])c2c(c1[2H])CN(C(=O)NCC1CC13CCNCC3)C2. The quantitative estimate of drug-likeness (QED) is 0.867. The second-order valence-corrected chi connectivity index (χ2v) is 6.47. The molecule has 1 aromatic heterocycles. The molecule has 1 aromatic rings. The molecule has 1 atom stereocenters. The lowest BCUT2D eigenvalue weighted by Crippen LogP contribution is -2.38. The minimum atomic E-state index is -0.188. The van der Waals surface area contributed by atoms with Crippen LogP contribution >= 0.6 is 0 Å². The van der Waals surface area contributed by atoms with Crippen LogP contribution in [0.4, 0.5) is 4.79 Å². The van der Waals surface area contributed by atoms with Gasteiger partial charge in [0, 0.05) is 32.0 Å². The summed E-state index contributed by atoms with van der Waals surface area (Å²) in [5.41, 5.74) is 1.64. The van der Waals surface area contributed by atoms with E-state index in [1.165, 1.54) is 19.3 Å². The van der Waals surface area contributed by atoms with Gasteiger partial charge in [-0.3, -0.25) is 4.98 Å². The fraction of sp³-hybridized carbons (Fsp3) is 0.625. The van der Waals surface area contributed by atoms with E-state index < -0.39 is 0 Å². The predicted octanol–water partition coefficient (Wildman–Crippen LogP) is 1.50. The standard InChI is InChI=1S/C16H22N4O/c21-15(20-10-12-1-4-18-8-13(12)11-20)19-9-14-7-16(14)2-5-17-6-3-16/h1,4,8,14,17H,2-3,5-7,9-11H2,(H,19,21)/i1D,4D,8D. The Balaban J connectivity index is 1.35. The molecule has 4 rings (SSSR count). The van der Waals surface area contributed by atoms with Crippen molar-refractivity contribution in [2.75, 3.05) is 19.6 Å². The lowest BCUT2D eigenvalue weighted by atomic mass is 9.92. The molecular weight excluding hydrogens is 264 g/mol. The van der Waals surface area contributed by atoms with Gasteiger partial charge in [-0.25, -0.2) is 4.79 Å². The van der Waals surface area contributed by atoms with E-state index in [0.29, 0.717) is 42.1 Å². The van der Waals surface area contributed by atoms with Gasteiger partial charge in [0.1, 0.15) is 0 Å². The van der Waals surface area contributed by atoms with E-state index in [1.807, 2.05) is 0 Å². The third-order valence-electron chi connectivity index (χ3n) is 5.26. The first-order valence-electron chi connectivity index (χ1n) is 9.19. The molecule has 2 amide bonds. The van der Waals surface area contributed by atoms with Gasteiger partial charge in [-0.15, -0.1) is 0 Å². The Morgan fingerprint density at radius 1 is 1.48 bits per heavy atom. The predicted molar refractivity (Wildman–Crippen MR) is 79.5 cm³/mol. The van der Waals surface area contributed by atoms with Crippen LogP contribution < -0.4 is 10.6 Å². The van der Waals surface area contributed by atoms with Crippen LogP contribution in [0.15, 0.2) is 18.4 Å². The summed E-state index contributed by atoms with van der Waals surface area (Å²) in [6, 6.07) is -0.111. The van der Waals surface area contributed by atoms with Crippen LogP contribution in [0, 0.1) is 11.3 Å². The Hall–Kier alpha value is -1.62. The van der Waals surface area contributed by atoms with Gasteiger partial charge in [0.05, 0.1) is 4.11 Å². The summed E-state index contributed by atoms with van der Waals surface area (Å²) in [6.07, 6.45) is 3.43. The number of fused-ring (bicyclic) bond motifs is 1. The highest BCUT2D eigenvalue weighted by Crippen LogP contribution is 2.58. The first-order valence-corrected chi connectivity index (χ1v) is 7.69. The summed E-state index contributed by atoms with van der Waals surface area (Å²) in [4.78, 5) is 17.8. The third-order valence-corrected chi connectivity index (χ3v) is 5.26. The lowest BCUT2D eigenvalue weighted by molar-refractivity contribution is 0.197. The van der Waals surface area contributed by atoms with Crippen molar-refractivity contribution in [1.82, 2.24) is 20.5 Å². The van der Waals surface area contributed by atoms with Crippen LogP contribution in [0.3, 0.4) is 0 Å². The number of carbonyl (C=O) groups is 1. The van der Waals surface area contributed by atoms with Crippen molar-refractivity contribution in [3.8, 4) is 0 Å². The average Bonchev–Trinajstić information content (AvgIpc) is 3.03. The normalized spacial score (nSPS) is 27.7. The van der Waals surface area contributed by atoms with Gasteiger partial charge in [0.2, 0.25) is 0 Å². The minimum absolute atomic E-state index is 0.0113. The summed E-state index contributed by atoms with van der Waals surface area (Å²) < 4.78 is 23.4. The minimum Gasteiger partial charge on any atom is -0.338 e. The smallest absolute Gasteiger partial charge is 0.318 e. The van der Waals surface area contributed by atoms with Gasteiger partial charge < -0.3 is 15.5 Å². The van der Waals surface area contributed by atoms with Crippen LogP contribution in [0.25, 0.3) is 0 Å². The second kappa shape index (κ2) is 4.98. The maximum Gasteiger partial charge on any atom is 0.318 e. The zero-order valence-corrected chi connectivity index (χ0v) is 12.0. The number of aromatic nitrogens is 1. The highest BCUT2D eigenvalue weighted by molar-refractivity contribution is 5.75. The molecule has 2 fully saturated rings. The van der Waals surface area contributed by atoms with E-state index >= 15 is 0 Å². The number of pyridine rings is 1. The highest BCUT2D eigenvalue weighted by atomic mass is 16.2. The zero-order valence-electron chi connectivity index (χ0n) is 15.0. The monoisotopic (exact) mass is 289 g/mol. The Bertz CT molecular complexity index is 690. The molecule has 1 spiro atoms. The summed E-state index contributed by atoms with van der Waals surface area (Å²) in [5, 5.41) is 6.41. The number of piperidine rings is 1. The third kappa shape index (κ3) is 2.39. The van der Waals surface area contributed by atoms with Gasteiger partial charge in [-0.1, -0.05) is 0 Å². The zero-order chi connectivity index (χ0) is 16.9. The first-order chi connectivity index (χ1) is 11.5. The largest absolute Gasteiger partial charge is 0.338 e. The van der Waals surface area contributed by atoms with Gasteiger partial charge in [-0.2, -0.15) is 0 Å². The van der Waals surface area contributed by atoms with Gasteiger partial charge >= 0.3 is 6.03 Å². The van der Waals surface area contributed by atoms with E-state index in [9.17, 15) is 4.79 Å². The number of hydrogen-bond acceptors (Lipinski definition) is 3. The molecule has 2 N–H and O–H groups in total. The van der Waals surface area contributed by atoms with E-state index in [1.54, 1.807) is 4.90 Å². The number of amides is 2. The number of nitrogens with one attached hydrogen (secondary N) is 2. The van der Waals surface area contributed by atoms with E-state index in [-0.39, 0.29) is 24.4 Å². The average molecular weight is 289 g/mol. The number of hydrogen-bond donors (Lipinski definition) is 2. The molecule has 21 heavy (non-hydrogen) atoms. The Labute approximate surface area is 129 Å². The van der Waals surface area contributed by atoms with Crippen LogP contribution in [-0.2, 0) is 13.1 Å². The molecule has 1 aliphatic carbocycles. The molecule has 112 valence electrons. The van der Waals surface area contributed by atoms with Crippen molar-refractivity contribution in [3.63, 3.8) is 0 Å². The molecule has 0 bridgehead atoms. The number of rotatable bonds is 2. The van der Waals surface area contributed by atoms with E-state index in [2.05, 4.69) is 15.6 Å². The maximum absolute atomic E-state index is 12.4. The number of nitrogens with zero attached hydrogens (tertiary/aromatic N) is 2. The summed E-state index contributed by atoms with van der Waals surface area (Å²) in [5.74, 6) is 0.577. The van der Waals surface area contributed by atoms with Crippen LogP contribution in [-0.4, -0.2) is 35.5 Å². The van der Waals surface area contributed by atoms with Gasteiger partial charge in [-0.05, 0) is 60.9 Å². The van der Waals surface area contributed by atoms with Gasteiger partial charge in [0.25, 0.3) is 0 Å². The van der Waals surface area contributed by atoms with Crippen molar-refractivity contribution in [2.45, 2.75) is 32.4 Å². The van der Waals surface area contributed by atoms with Crippen LogP contribution in [0.2, 0.25) is 0 Å². The molecule has 1 unspecified atom stereocenters. The highest BCUT2D eigenvalue weighted by Gasteiger charge is 2.53. The first kappa shape index (κ1) is 10.2. The molecule has 3 heterocycles. The Kier molecular flexibility index (Phi) is 2.41. The molecule has 0 aromatic carbocycles. The Morgan fingerprint density at radius 3 is 3.14 bits per heavy atom. The topological polar surface area (TPSA) is 57.3 Å². The van der Waals surface area contributed by atoms with Crippen LogP contribution in [0.5, 0.6) is 0 Å². The number of urea groups is 1. The molecule has 5 heteroatoms. The van der Waals surface area contributed by atoms with E-state index in [0.717, 1.165) is 13.1 Å². The van der Waals surface area contributed by atoms with Crippen LogP contribution in [0.1, 0.15) is 34.5 Å². The molecule has 1 saturated carbocycles. The molecule has 5 nitrogen and oxygen atoms in total. The second-order valence-electron chi connectivity index (χ2n) is 6.47. The number of carbonyl (C=O) groups excluding carboxylic acids is 1. The summed E-state index contributed by atoms with van der Waals surface area (Å²) in [7, 11) is 0. The van der Waals surface area contributed by atoms with Crippen molar-refractivity contribution in [2.24, 2.45) is 11.3 Å². The van der Waals surface area contributed by atoms with E-state index in [4.69, 9.17) is 4.11 Å². The maximum atomic E-state index is 12.4. The lowest BCUT2D eigenvalue weighted by Gasteiger charge is -2.24. The van der Waals surface area contributed by atoms with Crippen molar-refractivity contribution < 1.29 is 8.91 Å². The summed E-state index contributed by atoms with van der Waals surface area (Å²) >= 11 is 0. The molecule has 1 saturated heterocycles. The van der Waals surface area contributed by atoms with Crippen molar-refractivity contribution in [3.05, 3.63) is 29.5 Å². The van der Waals surface area contributed by atoms with Gasteiger partial charge in [0.15, 0.2) is 0 Å². The fourth-order valence-corrected chi connectivity index (χ4v) is 3.76. The molecule has 0 radical (unpaired) electrons. The molecule has 2 aliphatic heterocycles. The van der Waals surface area contributed by atoms with Crippen molar-refractivity contribution in [1.29, 1.82) is 0 Å². The fourth-order valence-electron chi connectivity index (χ4n) is 3.76. The molecular formula is C16H22N4O.